The first-order valence-corrected chi connectivity index (χ1v) is 13.8. The molecule has 2 aliphatic rings. The first-order chi connectivity index (χ1) is 20.7. The van der Waals surface area contributed by atoms with Gasteiger partial charge < -0.3 is 24.2 Å². The van der Waals surface area contributed by atoms with E-state index >= 15 is 0 Å². The molecule has 11 nitrogen and oxygen atoms in total. The summed E-state index contributed by atoms with van der Waals surface area (Å²) in [5.41, 5.74) is -1.70. The van der Waals surface area contributed by atoms with Gasteiger partial charge in [-0.25, -0.2) is 10.1 Å². The zero-order chi connectivity index (χ0) is 30.4. The number of benzene rings is 1. The number of carbonyl (C=O) groups excluding carboxylic acids is 1. The molecule has 1 amide bonds. The second-order valence-corrected chi connectivity index (χ2v) is 10.3. The Morgan fingerprint density at radius 2 is 1.88 bits per heavy atom. The van der Waals surface area contributed by atoms with Gasteiger partial charge >= 0.3 is 6.18 Å². The number of nitrogens with zero attached hydrogens (tertiary/aromatic N) is 6. The van der Waals surface area contributed by atoms with Gasteiger partial charge in [0.2, 0.25) is 0 Å². The van der Waals surface area contributed by atoms with Crippen molar-refractivity contribution < 1.29 is 27.4 Å². The number of H-pyrrole nitrogens is 1. The van der Waals surface area contributed by atoms with Crippen LogP contribution in [0.2, 0.25) is 0 Å². The molecule has 0 radical (unpaired) electrons. The number of halogens is 3. The zero-order valence-electron chi connectivity index (χ0n) is 23.2. The molecular weight excluding hydrogens is 567 g/mol. The third-order valence-electron chi connectivity index (χ3n) is 7.44. The number of ether oxygens (including phenoxy) is 2. The van der Waals surface area contributed by atoms with Crippen molar-refractivity contribution in [2.45, 2.75) is 12.6 Å². The van der Waals surface area contributed by atoms with Crippen LogP contribution in [0.1, 0.15) is 27.9 Å². The number of rotatable bonds is 9. The molecule has 5 rings (SSSR count). The molecule has 2 fully saturated rings. The van der Waals surface area contributed by atoms with E-state index in [1.807, 2.05) is 11.2 Å². The number of hydrogen-bond donors (Lipinski definition) is 1. The highest BCUT2D eigenvalue weighted by Gasteiger charge is 2.40. The molecule has 14 heteroatoms. The number of carbonyl (C=O) groups is 1. The molecule has 2 aromatic heterocycles. The lowest BCUT2D eigenvalue weighted by Crippen LogP contribution is -2.49. The summed E-state index contributed by atoms with van der Waals surface area (Å²) in [7, 11) is 0. The third-order valence-corrected chi connectivity index (χ3v) is 7.44. The summed E-state index contributed by atoms with van der Waals surface area (Å²) in [4.78, 5) is 34.6. The molecule has 0 spiro atoms. The average molecular weight is 598 g/mol. The van der Waals surface area contributed by atoms with Gasteiger partial charge in [-0.1, -0.05) is 6.07 Å². The van der Waals surface area contributed by atoms with Gasteiger partial charge in [0.15, 0.2) is 0 Å². The first kappa shape index (κ1) is 29.8. The van der Waals surface area contributed by atoms with Crippen LogP contribution in [0.4, 0.5) is 24.7 Å². The number of hydrogen-bond acceptors (Lipinski definition) is 9. The number of amides is 1. The first-order valence-electron chi connectivity index (χ1n) is 13.8. The van der Waals surface area contributed by atoms with E-state index in [1.165, 1.54) is 11.1 Å². The summed E-state index contributed by atoms with van der Waals surface area (Å²) in [6, 6.07) is 12.5. The highest BCUT2D eigenvalue weighted by atomic mass is 19.4. The predicted molar refractivity (Wildman–Crippen MR) is 150 cm³/mol. The number of aromatic nitrogens is 3. The van der Waals surface area contributed by atoms with Gasteiger partial charge in [0.05, 0.1) is 30.7 Å². The van der Waals surface area contributed by atoms with Crippen molar-refractivity contribution in [3.8, 4) is 11.8 Å². The van der Waals surface area contributed by atoms with E-state index < -0.39 is 17.3 Å². The summed E-state index contributed by atoms with van der Waals surface area (Å²) in [5, 5.41) is 14.3. The Morgan fingerprint density at radius 1 is 1.07 bits per heavy atom. The summed E-state index contributed by atoms with van der Waals surface area (Å²) in [6.45, 7) is 3.83. The Labute approximate surface area is 245 Å². The Hall–Kier alpha value is -4.64. The maximum Gasteiger partial charge on any atom is 0.423 e. The van der Waals surface area contributed by atoms with Crippen molar-refractivity contribution >= 4 is 17.4 Å². The van der Waals surface area contributed by atoms with Crippen LogP contribution >= 0.6 is 0 Å². The summed E-state index contributed by atoms with van der Waals surface area (Å²) < 4.78 is 51.7. The Morgan fingerprint density at radius 3 is 2.60 bits per heavy atom. The van der Waals surface area contributed by atoms with Crippen molar-refractivity contribution in [3.63, 3.8) is 0 Å². The monoisotopic (exact) mass is 597 g/mol. The van der Waals surface area contributed by atoms with Gasteiger partial charge in [0.25, 0.3) is 11.5 Å². The van der Waals surface area contributed by atoms with E-state index in [-0.39, 0.29) is 30.7 Å². The Kier molecular flexibility index (Phi) is 9.10. The van der Waals surface area contributed by atoms with Gasteiger partial charge in [-0.05, 0) is 36.8 Å². The number of anilines is 2. The minimum Gasteiger partial charge on any atom is -0.491 e. The van der Waals surface area contributed by atoms with Crippen LogP contribution in [0, 0.1) is 17.2 Å². The largest absolute Gasteiger partial charge is 0.491 e. The van der Waals surface area contributed by atoms with E-state index in [4.69, 9.17) is 14.7 Å². The van der Waals surface area contributed by atoms with Crippen LogP contribution in [0.3, 0.4) is 0 Å². The summed E-state index contributed by atoms with van der Waals surface area (Å²) in [6.07, 6.45) is -1.59. The van der Waals surface area contributed by atoms with E-state index in [0.29, 0.717) is 69.2 Å². The van der Waals surface area contributed by atoms with E-state index in [9.17, 15) is 22.8 Å². The van der Waals surface area contributed by atoms with Gasteiger partial charge in [-0.2, -0.15) is 23.5 Å². The molecule has 2 aliphatic heterocycles. The van der Waals surface area contributed by atoms with Gasteiger partial charge in [0.1, 0.15) is 29.8 Å². The number of pyridine rings is 1. The molecule has 0 saturated carbocycles. The summed E-state index contributed by atoms with van der Waals surface area (Å²) in [5.74, 6) is 1.21. The SMILES string of the molecule is N#Cc1ccc(N2CCN(C(=O)c3cccc(OCCOC[C@@H]4CCN(c5cn[nH]c(=O)c5C(F)(F)F)C4)c3)CC2)nc1. The number of nitriles is 1. The van der Waals surface area contributed by atoms with E-state index in [0.717, 1.165) is 12.0 Å². The topological polar surface area (TPSA) is 128 Å². The van der Waals surface area contributed by atoms with E-state index in [2.05, 4.69) is 21.1 Å². The highest BCUT2D eigenvalue weighted by Crippen LogP contribution is 2.35. The van der Waals surface area contributed by atoms with Crippen molar-refractivity contribution in [2.24, 2.45) is 5.92 Å². The standard InChI is InChI=1S/C29H30F3N7O4/c30-29(31,32)26-24(17-35-36-27(26)40)39-7-6-21(18-39)19-42-12-13-43-23-3-1-2-22(14-23)28(41)38-10-8-37(9-11-38)25-5-4-20(15-33)16-34-25/h1-5,14,16-17,21H,6-13,18-19H2,(H,36,40)/t21-/m1/s1. The third kappa shape index (κ3) is 7.23. The smallest absolute Gasteiger partial charge is 0.423 e. The van der Waals surface area contributed by atoms with Crippen LogP contribution in [-0.4, -0.2) is 85.1 Å². The fourth-order valence-electron chi connectivity index (χ4n) is 5.24. The molecule has 4 heterocycles. The quantitative estimate of drug-likeness (QED) is 0.371. The van der Waals surface area contributed by atoms with Crippen molar-refractivity contribution in [1.29, 1.82) is 5.26 Å². The van der Waals surface area contributed by atoms with Crippen LogP contribution in [0.15, 0.2) is 53.6 Å². The number of nitrogens with one attached hydrogen (secondary N) is 1. The van der Waals surface area contributed by atoms with E-state index in [1.54, 1.807) is 35.2 Å². The van der Waals surface area contributed by atoms with Crippen LogP contribution in [-0.2, 0) is 10.9 Å². The van der Waals surface area contributed by atoms with Gasteiger partial charge in [-0.3, -0.25) is 9.59 Å². The maximum atomic E-state index is 13.4. The van der Waals surface area contributed by atoms with Crippen molar-refractivity contribution in [2.75, 3.05) is 68.9 Å². The average Bonchev–Trinajstić information content (AvgIpc) is 3.49. The fourth-order valence-corrected chi connectivity index (χ4v) is 5.24. The van der Waals surface area contributed by atoms with Crippen LogP contribution < -0.4 is 20.1 Å². The summed E-state index contributed by atoms with van der Waals surface area (Å²) >= 11 is 0. The number of piperazine rings is 1. The number of alkyl halides is 3. The molecule has 1 aromatic carbocycles. The van der Waals surface area contributed by atoms with Crippen molar-refractivity contribution in [1.82, 2.24) is 20.1 Å². The zero-order valence-corrected chi connectivity index (χ0v) is 23.2. The predicted octanol–water partition coefficient (Wildman–Crippen LogP) is 2.94. The van der Waals surface area contributed by atoms with Crippen molar-refractivity contribution in [3.05, 3.63) is 75.8 Å². The highest BCUT2D eigenvalue weighted by molar-refractivity contribution is 5.94. The molecule has 0 unspecified atom stereocenters. The normalized spacial score (nSPS) is 17.2. The molecule has 1 atom stereocenters. The Bertz CT molecular complexity index is 1520. The molecule has 0 aliphatic carbocycles. The second kappa shape index (κ2) is 13.1. The molecule has 2 saturated heterocycles. The van der Waals surface area contributed by atoms with Gasteiger partial charge in [-0.15, -0.1) is 0 Å². The maximum absolute atomic E-state index is 13.4. The minimum absolute atomic E-state index is 0.00511. The van der Waals surface area contributed by atoms with Crippen LogP contribution in [0.25, 0.3) is 0 Å². The molecule has 226 valence electrons. The molecular formula is C29H30F3N7O4. The molecule has 3 aromatic rings. The number of aromatic amines is 1. The lowest BCUT2D eigenvalue weighted by molar-refractivity contribution is -0.138. The molecule has 0 bridgehead atoms. The lowest BCUT2D eigenvalue weighted by Gasteiger charge is -2.35. The van der Waals surface area contributed by atoms with Gasteiger partial charge in [0, 0.05) is 56.9 Å². The lowest BCUT2D eigenvalue weighted by atomic mass is 10.1. The molecule has 1 N–H and O–H groups in total. The second-order valence-electron chi connectivity index (χ2n) is 10.3. The fraction of sp³-hybridized carbons (Fsp3) is 0.414. The molecule has 43 heavy (non-hydrogen) atoms. The minimum atomic E-state index is -4.78. The van der Waals surface area contributed by atoms with Crippen LogP contribution in [0.5, 0.6) is 5.75 Å². The Balaban J connectivity index is 1.04.